The van der Waals surface area contributed by atoms with E-state index in [0.717, 1.165) is 0 Å². The van der Waals surface area contributed by atoms with E-state index in [9.17, 15) is 14.5 Å². The predicted molar refractivity (Wildman–Crippen MR) is 67.9 cm³/mol. The molecule has 0 aliphatic heterocycles. The van der Waals surface area contributed by atoms with Crippen molar-refractivity contribution in [2.24, 2.45) is 0 Å². The van der Waals surface area contributed by atoms with Crippen LogP contribution in [0.4, 0.5) is 15.8 Å². The number of nitro benzene ring substituents is 1. The fraction of sp³-hybridized carbons (Fsp3) is 0. The van der Waals surface area contributed by atoms with Crippen molar-refractivity contribution in [2.75, 3.05) is 5.73 Å². The number of nitrogen functional groups attached to an aromatic ring is 1. The third-order valence-corrected chi connectivity index (χ3v) is 2.70. The van der Waals surface area contributed by atoms with Crippen LogP contribution in [-0.2, 0) is 0 Å². The van der Waals surface area contributed by atoms with Gasteiger partial charge in [-0.05, 0) is 29.8 Å². The fourth-order valence-corrected chi connectivity index (χ4v) is 1.76. The van der Waals surface area contributed by atoms with E-state index in [1.165, 1.54) is 36.4 Å². The molecule has 0 aromatic heterocycles. The van der Waals surface area contributed by atoms with Gasteiger partial charge in [-0.3, -0.25) is 10.1 Å². The number of benzene rings is 2. The smallest absolute Gasteiger partial charge is 0.292 e. The Labute approximate surface area is 107 Å². The van der Waals surface area contributed by atoms with Crippen LogP contribution in [0.25, 0.3) is 11.1 Å². The molecule has 0 aliphatic carbocycles. The number of hydrogen-bond acceptors (Lipinski definition) is 3. The van der Waals surface area contributed by atoms with Gasteiger partial charge in [0.15, 0.2) is 0 Å². The molecule has 0 atom stereocenters. The molecule has 0 unspecified atom stereocenters. The summed E-state index contributed by atoms with van der Waals surface area (Å²) in [5, 5.41) is 11.1. The molecule has 0 heterocycles. The molecule has 0 saturated carbocycles. The zero-order chi connectivity index (χ0) is 13.3. The van der Waals surface area contributed by atoms with Gasteiger partial charge in [0.1, 0.15) is 11.5 Å². The normalized spacial score (nSPS) is 10.3. The van der Waals surface area contributed by atoms with Crippen molar-refractivity contribution in [2.45, 2.75) is 0 Å². The molecule has 2 aromatic carbocycles. The molecule has 6 heteroatoms. The van der Waals surface area contributed by atoms with Crippen LogP contribution in [0.3, 0.4) is 0 Å². The summed E-state index contributed by atoms with van der Waals surface area (Å²) in [6.45, 7) is 0. The van der Waals surface area contributed by atoms with Crippen LogP contribution in [0.2, 0.25) is 5.02 Å². The fourth-order valence-electron chi connectivity index (χ4n) is 1.59. The van der Waals surface area contributed by atoms with Crippen LogP contribution in [0, 0.1) is 15.9 Å². The van der Waals surface area contributed by atoms with E-state index in [2.05, 4.69) is 0 Å². The number of rotatable bonds is 2. The molecule has 18 heavy (non-hydrogen) atoms. The Hall–Kier alpha value is -2.14. The van der Waals surface area contributed by atoms with Gasteiger partial charge in [0.05, 0.1) is 4.92 Å². The van der Waals surface area contributed by atoms with Crippen molar-refractivity contribution in [1.29, 1.82) is 0 Å². The standard InChI is InChI=1S/C12H8ClFN2O2/c13-8-2-3-10(14)9(6-8)7-1-4-11(15)12(5-7)16(17)18/h1-6H,15H2. The summed E-state index contributed by atoms with van der Waals surface area (Å²) in [7, 11) is 0. The lowest BCUT2D eigenvalue weighted by molar-refractivity contribution is -0.383. The van der Waals surface area contributed by atoms with Crippen molar-refractivity contribution >= 4 is 23.0 Å². The van der Waals surface area contributed by atoms with Crippen LogP contribution in [0.15, 0.2) is 36.4 Å². The predicted octanol–water partition coefficient (Wildman–Crippen LogP) is 3.64. The first kappa shape index (κ1) is 12.3. The lowest BCUT2D eigenvalue weighted by Crippen LogP contribution is -1.96. The second kappa shape index (κ2) is 4.62. The van der Waals surface area contributed by atoms with E-state index in [-0.39, 0.29) is 16.9 Å². The number of halogens is 2. The molecule has 0 spiro atoms. The van der Waals surface area contributed by atoms with E-state index >= 15 is 0 Å². The van der Waals surface area contributed by atoms with Crippen LogP contribution in [0.1, 0.15) is 0 Å². The molecule has 0 amide bonds. The lowest BCUT2D eigenvalue weighted by Gasteiger charge is -2.05. The molecule has 0 bridgehead atoms. The average molecular weight is 267 g/mol. The van der Waals surface area contributed by atoms with E-state index in [4.69, 9.17) is 17.3 Å². The van der Waals surface area contributed by atoms with Crippen molar-refractivity contribution in [3.05, 3.63) is 57.4 Å². The monoisotopic (exact) mass is 266 g/mol. The molecule has 2 aromatic rings. The zero-order valence-electron chi connectivity index (χ0n) is 9.06. The quantitative estimate of drug-likeness (QED) is 0.512. The van der Waals surface area contributed by atoms with Gasteiger partial charge in [0, 0.05) is 16.7 Å². The number of nitrogens with two attached hydrogens (primary N) is 1. The number of nitrogens with zero attached hydrogens (tertiary/aromatic N) is 1. The maximum absolute atomic E-state index is 13.6. The van der Waals surface area contributed by atoms with E-state index < -0.39 is 10.7 Å². The molecule has 0 radical (unpaired) electrons. The van der Waals surface area contributed by atoms with Crippen molar-refractivity contribution < 1.29 is 9.31 Å². The SMILES string of the molecule is Nc1ccc(-c2cc(Cl)ccc2F)cc1[N+](=O)[O-]. The van der Waals surface area contributed by atoms with Crippen LogP contribution in [-0.4, -0.2) is 4.92 Å². The third-order valence-electron chi connectivity index (χ3n) is 2.47. The van der Waals surface area contributed by atoms with Gasteiger partial charge < -0.3 is 5.73 Å². The molecule has 0 fully saturated rings. The minimum atomic E-state index is -0.610. The van der Waals surface area contributed by atoms with Crippen LogP contribution in [0.5, 0.6) is 0 Å². The van der Waals surface area contributed by atoms with Crippen molar-refractivity contribution in [3.63, 3.8) is 0 Å². The minimum absolute atomic E-state index is 0.0335. The van der Waals surface area contributed by atoms with E-state index in [0.29, 0.717) is 10.6 Å². The van der Waals surface area contributed by atoms with Gasteiger partial charge in [-0.1, -0.05) is 17.7 Å². The number of hydrogen-bond donors (Lipinski definition) is 1. The highest BCUT2D eigenvalue weighted by atomic mass is 35.5. The molecule has 0 saturated heterocycles. The molecule has 2 rings (SSSR count). The highest BCUT2D eigenvalue weighted by molar-refractivity contribution is 6.30. The molecule has 2 N–H and O–H groups in total. The Morgan fingerprint density at radius 1 is 1.22 bits per heavy atom. The summed E-state index contributed by atoms with van der Waals surface area (Å²) >= 11 is 5.78. The Morgan fingerprint density at radius 2 is 1.94 bits per heavy atom. The molecular weight excluding hydrogens is 259 g/mol. The Morgan fingerprint density at radius 3 is 2.61 bits per heavy atom. The summed E-state index contributed by atoms with van der Waals surface area (Å²) in [6.07, 6.45) is 0. The first-order chi connectivity index (χ1) is 8.49. The maximum Gasteiger partial charge on any atom is 0.292 e. The Bertz CT molecular complexity index is 631. The van der Waals surface area contributed by atoms with Gasteiger partial charge in [0.2, 0.25) is 0 Å². The molecule has 0 aliphatic rings. The largest absolute Gasteiger partial charge is 0.393 e. The van der Waals surface area contributed by atoms with Crippen LogP contribution < -0.4 is 5.73 Å². The summed E-state index contributed by atoms with van der Waals surface area (Å²) in [4.78, 5) is 10.2. The van der Waals surface area contributed by atoms with E-state index in [1.807, 2.05) is 0 Å². The van der Waals surface area contributed by atoms with Crippen molar-refractivity contribution in [3.8, 4) is 11.1 Å². The molecular formula is C12H8ClFN2O2. The second-order valence-corrected chi connectivity index (χ2v) is 4.09. The average Bonchev–Trinajstić information content (AvgIpc) is 2.33. The third kappa shape index (κ3) is 2.26. The highest BCUT2D eigenvalue weighted by Crippen LogP contribution is 2.31. The first-order valence-corrected chi connectivity index (χ1v) is 5.36. The summed E-state index contributed by atoms with van der Waals surface area (Å²) in [6, 6.07) is 8.13. The highest BCUT2D eigenvalue weighted by Gasteiger charge is 2.14. The molecule has 4 nitrogen and oxygen atoms in total. The molecule has 92 valence electrons. The summed E-state index contributed by atoms with van der Waals surface area (Å²) in [5.74, 6) is -0.501. The Kier molecular flexibility index (Phi) is 3.16. The van der Waals surface area contributed by atoms with Gasteiger partial charge in [-0.25, -0.2) is 4.39 Å². The Balaban J connectivity index is 2.61. The van der Waals surface area contributed by atoms with Gasteiger partial charge in [-0.15, -0.1) is 0 Å². The summed E-state index contributed by atoms with van der Waals surface area (Å²) < 4.78 is 13.6. The first-order valence-electron chi connectivity index (χ1n) is 4.98. The number of nitro groups is 1. The minimum Gasteiger partial charge on any atom is -0.393 e. The van der Waals surface area contributed by atoms with E-state index in [1.54, 1.807) is 0 Å². The topological polar surface area (TPSA) is 69.2 Å². The van der Waals surface area contributed by atoms with Crippen LogP contribution >= 0.6 is 11.6 Å². The zero-order valence-corrected chi connectivity index (χ0v) is 9.82. The van der Waals surface area contributed by atoms with Crippen molar-refractivity contribution in [1.82, 2.24) is 0 Å². The van der Waals surface area contributed by atoms with Gasteiger partial charge >= 0.3 is 0 Å². The number of anilines is 1. The lowest BCUT2D eigenvalue weighted by atomic mass is 10.0. The maximum atomic E-state index is 13.6. The van der Waals surface area contributed by atoms with Gasteiger partial charge in [-0.2, -0.15) is 0 Å². The summed E-state index contributed by atoms with van der Waals surface area (Å²) in [5.41, 5.74) is 5.81. The second-order valence-electron chi connectivity index (χ2n) is 3.65. The van der Waals surface area contributed by atoms with Gasteiger partial charge in [0.25, 0.3) is 5.69 Å².